The van der Waals surface area contributed by atoms with Gasteiger partial charge < -0.3 is 20.3 Å². The zero-order chi connectivity index (χ0) is 15.9. The molecule has 2 aromatic rings. The van der Waals surface area contributed by atoms with Gasteiger partial charge in [-0.2, -0.15) is 0 Å². The summed E-state index contributed by atoms with van der Waals surface area (Å²) in [6.07, 6.45) is -0.854. The van der Waals surface area contributed by atoms with E-state index in [9.17, 15) is 15.0 Å². The molecule has 2 aromatic carbocycles. The summed E-state index contributed by atoms with van der Waals surface area (Å²) in [5, 5.41) is 23.2. The molecule has 114 valence electrons. The summed E-state index contributed by atoms with van der Waals surface area (Å²) < 4.78 is 5.19. The lowest BCUT2D eigenvalue weighted by atomic mass is 9.96. The van der Waals surface area contributed by atoms with Gasteiger partial charge >= 0.3 is 0 Å². The summed E-state index contributed by atoms with van der Waals surface area (Å²) in [4.78, 5) is 11.6. The molecule has 0 saturated heterocycles. The summed E-state index contributed by atoms with van der Waals surface area (Å²) in [7, 11) is 1.49. The van der Waals surface area contributed by atoms with Crippen LogP contribution in [0.3, 0.4) is 0 Å². The first kappa shape index (κ1) is 14.4. The van der Waals surface area contributed by atoms with Crippen LogP contribution in [0, 0.1) is 0 Å². The summed E-state index contributed by atoms with van der Waals surface area (Å²) in [6.45, 7) is 2.06. The Bertz CT molecular complexity index is 753. The van der Waals surface area contributed by atoms with Gasteiger partial charge in [-0.05, 0) is 42.3 Å². The van der Waals surface area contributed by atoms with Crippen molar-refractivity contribution in [1.29, 1.82) is 0 Å². The van der Waals surface area contributed by atoms with Crippen molar-refractivity contribution in [3.8, 4) is 22.6 Å². The van der Waals surface area contributed by atoms with Gasteiger partial charge in [-0.1, -0.05) is 6.07 Å². The third-order valence-electron chi connectivity index (χ3n) is 3.92. The largest absolute Gasteiger partial charge is 0.507 e. The molecule has 1 heterocycles. The Kier molecular flexibility index (Phi) is 3.50. The first-order valence-corrected chi connectivity index (χ1v) is 7.02. The number of aliphatic hydroxyl groups excluding tert-OH is 1. The number of fused-ring (bicyclic) bond motifs is 1. The van der Waals surface area contributed by atoms with Crippen molar-refractivity contribution in [3.05, 3.63) is 47.0 Å². The van der Waals surface area contributed by atoms with E-state index in [1.807, 2.05) is 6.07 Å². The summed E-state index contributed by atoms with van der Waals surface area (Å²) in [5.74, 6) is 0.353. The first-order valence-electron chi connectivity index (χ1n) is 7.02. The number of hydrogen-bond acceptors (Lipinski definition) is 4. The van der Waals surface area contributed by atoms with Gasteiger partial charge in [0.15, 0.2) is 0 Å². The van der Waals surface area contributed by atoms with E-state index in [1.54, 1.807) is 31.2 Å². The first-order chi connectivity index (χ1) is 10.5. The summed E-state index contributed by atoms with van der Waals surface area (Å²) >= 11 is 0. The Labute approximate surface area is 128 Å². The van der Waals surface area contributed by atoms with Crippen LogP contribution < -0.4 is 10.1 Å². The second-order valence-corrected chi connectivity index (χ2v) is 5.31. The standard InChI is InChI=1S/C17H17NO4/c1-9(19)15-14(22-2)6-5-12(16(15)20)10-3-4-13-11(7-10)8-18-17(13)21/h3-7,9,19-20H,8H2,1-2H3,(H,18,21). The van der Waals surface area contributed by atoms with E-state index in [1.165, 1.54) is 7.11 Å². The Hall–Kier alpha value is -2.53. The molecule has 0 fully saturated rings. The highest BCUT2D eigenvalue weighted by molar-refractivity contribution is 5.99. The number of rotatable bonds is 3. The van der Waals surface area contributed by atoms with Gasteiger partial charge in [-0.25, -0.2) is 0 Å². The molecule has 1 atom stereocenters. The average Bonchev–Trinajstić information content (AvgIpc) is 2.87. The number of carbonyl (C=O) groups is 1. The summed E-state index contributed by atoms with van der Waals surface area (Å²) in [5.41, 5.74) is 3.30. The molecule has 0 aliphatic carbocycles. The van der Waals surface area contributed by atoms with Gasteiger partial charge in [0.05, 0.1) is 18.8 Å². The Morgan fingerprint density at radius 2 is 1.95 bits per heavy atom. The number of aromatic hydroxyl groups is 1. The van der Waals surface area contributed by atoms with E-state index in [4.69, 9.17) is 4.74 Å². The van der Waals surface area contributed by atoms with Crippen molar-refractivity contribution in [3.63, 3.8) is 0 Å². The molecule has 0 saturated carbocycles. The van der Waals surface area contributed by atoms with Crippen molar-refractivity contribution in [2.75, 3.05) is 7.11 Å². The number of hydrogen-bond donors (Lipinski definition) is 3. The summed E-state index contributed by atoms with van der Waals surface area (Å²) in [6, 6.07) is 8.87. The second kappa shape index (κ2) is 5.35. The second-order valence-electron chi connectivity index (χ2n) is 5.31. The number of phenolic OH excluding ortho intramolecular Hbond substituents is 1. The van der Waals surface area contributed by atoms with E-state index in [2.05, 4.69) is 5.32 Å². The average molecular weight is 299 g/mol. The fourth-order valence-corrected chi connectivity index (χ4v) is 2.80. The van der Waals surface area contributed by atoms with Crippen molar-refractivity contribution in [2.24, 2.45) is 0 Å². The van der Waals surface area contributed by atoms with Crippen LogP contribution in [-0.4, -0.2) is 23.2 Å². The van der Waals surface area contributed by atoms with Crippen molar-refractivity contribution < 1.29 is 19.7 Å². The number of benzene rings is 2. The van der Waals surface area contributed by atoms with Crippen LogP contribution in [-0.2, 0) is 6.54 Å². The molecule has 0 bridgehead atoms. The van der Waals surface area contributed by atoms with Crippen LogP contribution in [0.5, 0.6) is 11.5 Å². The van der Waals surface area contributed by atoms with Crippen LogP contribution in [0.1, 0.15) is 34.5 Å². The quantitative estimate of drug-likeness (QED) is 0.813. The Morgan fingerprint density at radius 3 is 2.64 bits per heavy atom. The lowest BCUT2D eigenvalue weighted by Crippen LogP contribution is -2.12. The van der Waals surface area contributed by atoms with Gasteiger partial charge in [0, 0.05) is 17.7 Å². The molecule has 3 N–H and O–H groups in total. The highest BCUT2D eigenvalue weighted by Crippen LogP contribution is 2.41. The minimum absolute atomic E-state index is 0.00779. The molecule has 1 aliphatic heterocycles. The molecule has 1 unspecified atom stereocenters. The number of methoxy groups -OCH3 is 1. The minimum Gasteiger partial charge on any atom is -0.507 e. The van der Waals surface area contributed by atoms with Gasteiger partial charge in [-0.3, -0.25) is 4.79 Å². The van der Waals surface area contributed by atoms with Crippen LogP contribution in [0.2, 0.25) is 0 Å². The lowest BCUT2D eigenvalue weighted by Gasteiger charge is -2.16. The predicted molar refractivity (Wildman–Crippen MR) is 81.9 cm³/mol. The number of amides is 1. The Balaban J connectivity index is 2.13. The third kappa shape index (κ3) is 2.19. The van der Waals surface area contributed by atoms with Crippen LogP contribution in [0.25, 0.3) is 11.1 Å². The molecule has 1 aliphatic rings. The minimum atomic E-state index is -0.854. The highest BCUT2D eigenvalue weighted by Gasteiger charge is 2.22. The number of nitrogens with one attached hydrogen (secondary N) is 1. The van der Waals surface area contributed by atoms with Gasteiger partial charge in [0.25, 0.3) is 5.91 Å². The Morgan fingerprint density at radius 1 is 1.23 bits per heavy atom. The number of phenols is 1. The van der Waals surface area contributed by atoms with Gasteiger partial charge in [-0.15, -0.1) is 0 Å². The maximum absolute atomic E-state index is 11.6. The van der Waals surface area contributed by atoms with E-state index < -0.39 is 6.10 Å². The van der Waals surface area contributed by atoms with Gasteiger partial charge in [0.2, 0.25) is 0 Å². The van der Waals surface area contributed by atoms with Crippen molar-refractivity contribution in [2.45, 2.75) is 19.6 Å². The van der Waals surface area contributed by atoms with Crippen molar-refractivity contribution in [1.82, 2.24) is 5.32 Å². The van der Waals surface area contributed by atoms with Crippen LogP contribution in [0.15, 0.2) is 30.3 Å². The SMILES string of the molecule is COc1ccc(-c2ccc3c(c2)CNC3=O)c(O)c1C(C)O. The number of aliphatic hydroxyl groups is 1. The van der Waals surface area contributed by atoms with Crippen molar-refractivity contribution >= 4 is 5.91 Å². The molecule has 3 rings (SSSR count). The van der Waals surface area contributed by atoms with E-state index in [0.717, 1.165) is 11.1 Å². The fraction of sp³-hybridized carbons (Fsp3) is 0.235. The van der Waals surface area contributed by atoms with E-state index in [-0.39, 0.29) is 11.7 Å². The third-order valence-corrected chi connectivity index (χ3v) is 3.92. The molecule has 0 spiro atoms. The molecule has 0 radical (unpaired) electrons. The van der Waals surface area contributed by atoms with Crippen LogP contribution >= 0.6 is 0 Å². The van der Waals surface area contributed by atoms with Crippen LogP contribution in [0.4, 0.5) is 0 Å². The fourth-order valence-electron chi connectivity index (χ4n) is 2.80. The van der Waals surface area contributed by atoms with Gasteiger partial charge in [0.1, 0.15) is 11.5 Å². The molecule has 5 nitrogen and oxygen atoms in total. The highest BCUT2D eigenvalue weighted by atomic mass is 16.5. The molecular formula is C17H17NO4. The number of ether oxygens (including phenoxy) is 1. The van der Waals surface area contributed by atoms with E-state index in [0.29, 0.717) is 29.0 Å². The molecule has 0 aromatic heterocycles. The number of carbonyl (C=O) groups excluding carboxylic acids is 1. The normalized spacial score (nSPS) is 14.4. The molecular weight excluding hydrogens is 282 g/mol. The maximum Gasteiger partial charge on any atom is 0.251 e. The zero-order valence-electron chi connectivity index (χ0n) is 12.4. The molecule has 1 amide bonds. The predicted octanol–water partition coefficient (Wildman–Crippen LogP) is 2.36. The topological polar surface area (TPSA) is 78.8 Å². The zero-order valence-corrected chi connectivity index (χ0v) is 12.4. The maximum atomic E-state index is 11.6. The smallest absolute Gasteiger partial charge is 0.251 e. The van der Waals surface area contributed by atoms with E-state index >= 15 is 0 Å². The monoisotopic (exact) mass is 299 g/mol. The molecule has 22 heavy (non-hydrogen) atoms. The molecule has 5 heteroatoms. The lowest BCUT2D eigenvalue weighted by molar-refractivity contribution is 0.0965.